The van der Waals surface area contributed by atoms with Crippen molar-refractivity contribution >= 4 is 17.5 Å². The molecule has 3 aromatic rings. The Hall–Kier alpha value is -3.41. The van der Waals surface area contributed by atoms with Crippen LogP contribution in [0.5, 0.6) is 5.75 Å². The van der Waals surface area contributed by atoms with Gasteiger partial charge >= 0.3 is 0 Å². The van der Waals surface area contributed by atoms with Crippen molar-refractivity contribution in [3.63, 3.8) is 0 Å². The van der Waals surface area contributed by atoms with Crippen LogP contribution in [0.2, 0.25) is 0 Å². The van der Waals surface area contributed by atoms with E-state index >= 15 is 0 Å². The Morgan fingerprint density at radius 1 is 0.964 bits per heavy atom. The van der Waals surface area contributed by atoms with Crippen molar-refractivity contribution in [3.05, 3.63) is 78.1 Å². The Morgan fingerprint density at radius 3 is 2.36 bits per heavy atom. The fourth-order valence-electron chi connectivity index (χ4n) is 2.66. The van der Waals surface area contributed by atoms with E-state index in [4.69, 9.17) is 4.74 Å². The summed E-state index contributed by atoms with van der Waals surface area (Å²) in [5, 5.41) is 6.06. The normalized spacial score (nSPS) is 11.7. The number of hydrogen-bond donors (Lipinski definition) is 2. The monoisotopic (exact) mass is 376 g/mol. The van der Waals surface area contributed by atoms with Crippen molar-refractivity contribution < 1.29 is 9.53 Å². The molecule has 0 saturated heterocycles. The minimum absolute atomic E-state index is 0.0213. The maximum absolute atomic E-state index is 12.5. The molecule has 28 heavy (non-hydrogen) atoms. The number of aromatic nitrogens is 2. The average Bonchev–Trinajstić information content (AvgIpc) is 2.70. The summed E-state index contributed by atoms with van der Waals surface area (Å²) in [4.78, 5) is 21.1. The van der Waals surface area contributed by atoms with E-state index in [9.17, 15) is 4.79 Å². The first kappa shape index (κ1) is 19.4. The van der Waals surface area contributed by atoms with Gasteiger partial charge in [-0.15, -0.1) is 0 Å². The highest BCUT2D eigenvalue weighted by Crippen LogP contribution is 2.18. The molecule has 1 heterocycles. The maximum atomic E-state index is 12.5. The average molecular weight is 376 g/mol. The Morgan fingerprint density at radius 2 is 1.68 bits per heavy atom. The SMILES string of the molecule is CC(C)Oc1ccc(NC(=O)c2ccnc(NC(C)c3ccccc3)n2)cc1. The highest BCUT2D eigenvalue weighted by Gasteiger charge is 2.12. The molecule has 6 heteroatoms. The van der Waals surface area contributed by atoms with Crippen molar-refractivity contribution in [1.82, 2.24) is 9.97 Å². The van der Waals surface area contributed by atoms with Gasteiger partial charge in [0.25, 0.3) is 5.91 Å². The molecule has 0 aliphatic rings. The van der Waals surface area contributed by atoms with Gasteiger partial charge in [0, 0.05) is 11.9 Å². The van der Waals surface area contributed by atoms with Gasteiger partial charge in [-0.2, -0.15) is 0 Å². The van der Waals surface area contributed by atoms with Crippen LogP contribution >= 0.6 is 0 Å². The van der Waals surface area contributed by atoms with Gasteiger partial charge in [-0.05, 0) is 56.7 Å². The number of ether oxygens (including phenoxy) is 1. The van der Waals surface area contributed by atoms with Crippen LogP contribution in [0.4, 0.5) is 11.6 Å². The molecule has 2 N–H and O–H groups in total. The van der Waals surface area contributed by atoms with E-state index in [1.165, 1.54) is 0 Å². The smallest absolute Gasteiger partial charge is 0.274 e. The van der Waals surface area contributed by atoms with Crippen molar-refractivity contribution in [3.8, 4) is 5.75 Å². The molecule has 0 aliphatic heterocycles. The third kappa shape index (κ3) is 5.30. The topological polar surface area (TPSA) is 76.1 Å². The maximum Gasteiger partial charge on any atom is 0.274 e. The van der Waals surface area contributed by atoms with Crippen molar-refractivity contribution in [2.75, 3.05) is 10.6 Å². The molecule has 0 fully saturated rings. The van der Waals surface area contributed by atoms with Crippen LogP contribution in [0.1, 0.15) is 42.9 Å². The number of carbonyl (C=O) groups is 1. The number of nitrogens with one attached hydrogen (secondary N) is 2. The van der Waals surface area contributed by atoms with Crippen molar-refractivity contribution in [2.45, 2.75) is 32.9 Å². The molecule has 6 nitrogen and oxygen atoms in total. The van der Waals surface area contributed by atoms with Crippen LogP contribution < -0.4 is 15.4 Å². The van der Waals surface area contributed by atoms with E-state index in [1.807, 2.05) is 63.2 Å². The summed E-state index contributed by atoms with van der Waals surface area (Å²) < 4.78 is 5.61. The molecule has 2 aromatic carbocycles. The molecule has 0 bridgehead atoms. The molecule has 0 spiro atoms. The molecule has 1 amide bonds. The number of benzene rings is 2. The molecule has 1 unspecified atom stereocenters. The van der Waals surface area contributed by atoms with Crippen LogP contribution in [0.25, 0.3) is 0 Å². The van der Waals surface area contributed by atoms with Gasteiger partial charge in [0.2, 0.25) is 5.95 Å². The molecule has 0 saturated carbocycles. The molecule has 144 valence electrons. The second kappa shape index (κ2) is 8.99. The third-order valence-corrected chi connectivity index (χ3v) is 4.02. The summed E-state index contributed by atoms with van der Waals surface area (Å²) in [5.74, 6) is 0.872. The van der Waals surface area contributed by atoms with E-state index in [1.54, 1.807) is 24.4 Å². The van der Waals surface area contributed by atoms with Crippen LogP contribution in [0.15, 0.2) is 66.9 Å². The lowest BCUT2D eigenvalue weighted by molar-refractivity contribution is 0.102. The van der Waals surface area contributed by atoms with E-state index < -0.39 is 0 Å². The van der Waals surface area contributed by atoms with E-state index in [0.717, 1.165) is 11.3 Å². The Balaban J connectivity index is 1.65. The first-order chi connectivity index (χ1) is 13.5. The van der Waals surface area contributed by atoms with Crippen molar-refractivity contribution in [2.24, 2.45) is 0 Å². The minimum atomic E-state index is -0.296. The molecule has 1 atom stereocenters. The molecular weight excluding hydrogens is 352 g/mol. The Kier molecular flexibility index (Phi) is 6.22. The zero-order valence-electron chi connectivity index (χ0n) is 16.2. The summed E-state index contributed by atoms with van der Waals surface area (Å²) in [6, 6.07) is 18.8. The standard InChI is InChI=1S/C22H24N4O2/c1-15(2)28-19-11-9-18(10-12-19)25-21(27)20-13-14-23-22(26-20)24-16(3)17-7-5-4-6-8-17/h4-16H,1-3H3,(H,25,27)(H,23,24,26). The highest BCUT2D eigenvalue weighted by molar-refractivity contribution is 6.02. The number of carbonyl (C=O) groups excluding carboxylic acids is 1. The minimum Gasteiger partial charge on any atom is -0.491 e. The Labute approximate surface area is 165 Å². The molecule has 1 aromatic heterocycles. The summed E-state index contributed by atoms with van der Waals surface area (Å²) in [5.41, 5.74) is 2.08. The predicted octanol–water partition coefficient (Wildman–Crippen LogP) is 4.69. The molecule has 0 radical (unpaired) electrons. The van der Waals surface area contributed by atoms with E-state index in [0.29, 0.717) is 17.3 Å². The molecule has 0 aliphatic carbocycles. The van der Waals surface area contributed by atoms with Gasteiger partial charge in [0.05, 0.1) is 12.1 Å². The summed E-state index contributed by atoms with van der Waals surface area (Å²) in [6.07, 6.45) is 1.67. The summed E-state index contributed by atoms with van der Waals surface area (Å²) in [7, 11) is 0. The lowest BCUT2D eigenvalue weighted by Crippen LogP contribution is -2.16. The van der Waals surface area contributed by atoms with Crippen LogP contribution in [-0.2, 0) is 0 Å². The summed E-state index contributed by atoms with van der Waals surface area (Å²) >= 11 is 0. The zero-order chi connectivity index (χ0) is 19.9. The van der Waals surface area contributed by atoms with E-state index in [2.05, 4.69) is 20.6 Å². The lowest BCUT2D eigenvalue weighted by Gasteiger charge is -2.14. The van der Waals surface area contributed by atoms with Gasteiger partial charge in [-0.1, -0.05) is 30.3 Å². The van der Waals surface area contributed by atoms with E-state index in [-0.39, 0.29) is 18.1 Å². The van der Waals surface area contributed by atoms with Gasteiger partial charge in [0.1, 0.15) is 11.4 Å². The van der Waals surface area contributed by atoms with Crippen LogP contribution in [-0.4, -0.2) is 22.0 Å². The lowest BCUT2D eigenvalue weighted by atomic mass is 10.1. The van der Waals surface area contributed by atoms with Gasteiger partial charge in [-0.3, -0.25) is 4.79 Å². The summed E-state index contributed by atoms with van der Waals surface area (Å²) in [6.45, 7) is 5.95. The molecular formula is C22H24N4O2. The number of rotatable bonds is 7. The van der Waals surface area contributed by atoms with Crippen molar-refractivity contribution in [1.29, 1.82) is 0 Å². The quantitative estimate of drug-likeness (QED) is 0.626. The second-order valence-corrected chi connectivity index (χ2v) is 6.69. The predicted molar refractivity (Wildman–Crippen MR) is 111 cm³/mol. The first-order valence-corrected chi connectivity index (χ1v) is 9.24. The fraction of sp³-hybridized carbons (Fsp3) is 0.227. The zero-order valence-corrected chi connectivity index (χ0v) is 16.2. The van der Waals surface area contributed by atoms with Crippen LogP contribution in [0, 0.1) is 0 Å². The second-order valence-electron chi connectivity index (χ2n) is 6.69. The van der Waals surface area contributed by atoms with Gasteiger partial charge in [-0.25, -0.2) is 9.97 Å². The Bertz CT molecular complexity index is 911. The third-order valence-electron chi connectivity index (χ3n) is 4.02. The number of nitrogens with zero attached hydrogens (tertiary/aromatic N) is 2. The molecule has 3 rings (SSSR count). The fourth-order valence-corrected chi connectivity index (χ4v) is 2.66. The number of hydrogen-bond acceptors (Lipinski definition) is 5. The first-order valence-electron chi connectivity index (χ1n) is 9.24. The van der Waals surface area contributed by atoms with Crippen LogP contribution in [0.3, 0.4) is 0 Å². The number of anilines is 2. The largest absolute Gasteiger partial charge is 0.491 e. The van der Waals surface area contributed by atoms with Gasteiger partial charge in [0.15, 0.2) is 0 Å². The number of amides is 1. The van der Waals surface area contributed by atoms with Gasteiger partial charge < -0.3 is 15.4 Å². The highest BCUT2D eigenvalue weighted by atomic mass is 16.5.